The topological polar surface area (TPSA) is 186 Å². The van der Waals surface area contributed by atoms with Gasteiger partial charge in [0.25, 0.3) is 0 Å². The summed E-state index contributed by atoms with van der Waals surface area (Å²) in [6.07, 6.45) is -2.92. The van der Waals surface area contributed by atoms with E-state index < -0.39 is 79.9 Å². The highest BCUT2D eigenvalue weighted by molar-refractivity contribution is 6.32. The van der Waals surface area contributed by atoms with Crippen molar-refractivity contribution in [1.29, 1.82) is 0 Å². The summed E-state index contributed by atoms with van der Waals surface area (Å²) in [5, 5.41) is 28.3. The van der Waals surface area contributed by atoms with E-state index in [1.165, 1.54) is 24.3 Å². The number of carboxylic acid groups (broad SMARTS) is 3. The molecule has 0 spiro atoms. The van der Waals surface area contributed by atoms with Crippen LogP contribution in [-0.2, 0) is 33.4 Å². The van der Waals surface area contributed by atoms with E-state index in [9.17, 15) is 39.3 Å². The lowest BCUT2D eigenvalue weighted by atomic mass is 9.71. The van der Waals surface area contributed by atoms with E-state index in [-0.39, 0.29) is 16.5 Å². The Morgan fingerprint density at radius 1 is 1.03 bits per heavy atom. The number of aliphatic carboxylic acids is 3. The molecule has 12 nitrogen and oxygen atoms in total. The minimum Gasteiger partial charge on any atom is -0.481 e. The molecule has 184 valence electrons. The number of nitrogens with zero attached hydrogens (tertiary/aromatic N) is 1. The molecule has 2 rings (SSSR count). The number of halogens is 1. The average Bonchev–Trinajstić information content (AvgIpc) is 2.72. The zero-order valence-corrected chi connectivity index (χ0v) is 18.6. The van der Waals surface area contributed by atoms with Crippen molar-refractivity contribution in [3.8, 4) is 5.75 Å². The molecule has 34 heavy (non-hydrogen) atoms. The van der Waals surface area contributed by atoms with Gasteiger partial charge in [0.2, 0.25) is 12.4 Å². The number of ether oxygens (including phenoxy) is 3. The Labute approximate surface area is 198 Å². The van der Waals surface area contributed by atoms with E-state index >= 15 is 0 Å². The Balaban J connectivity index is 2.52. The fourth-order valence-corrected chi connectivity index (χ4v) is 4.08. The number of carboxylic acids is 3. The maximum atomic E-state index is 11.6. The summed E-state index contributed by atoms with van der Waals surface area (Å²) in [6.45, 7) is 0.718. The Morgan fingerprint density at radius 3 is 2.18 bits per heavy atom. The van der Waals surface area contributed by atoms with Gasteiger partial charge in [-0.05, 0) is 18.1 Å². The van der Waals surface area contributed by atoms with E-state index in [2.05, 4.69) is 4.99 Å². The maximum absolute atomic E-state index is 11.6. The predicted octanol–water partition coefficient (Wildman–Crippen LogP) is 2.25. The first-order valence-electron chi connectivity index (χ1n) is 10.00. The molecule has 0 amide bonds. The molecule has 3 N–H and O–H groups in total. The van der Waals surface area contributed by atoms with Gasteiger partial charge in [-0.3, -0.25) is 19.2 Å². The lowest BCUT2D eigenvalue weighted by Crippen LogP contribution is -2.53. The fourth-order valence-electron chi connectivity index (χ4n) is 3.91. The Hall–Kier alpha value is -3.47. The smallest absolute Gasteiger partial charge is 0.303 e. The average molecular weight is 500 g/mol. The highest BCUT2D eigenvalue weighted by Gasteiger charge is 2.49. The zero-order valence-electron chi connectivity index (χ0n) is 17.9. The standard InChI is InChI=1S/C21H22ClNO11/c1-10(25)32-8-17-13(6-19(28)29)12(5-18(26)27)14(7-20(30)31)21(34-17)33-16-4-11(23-9-24)2-3-15(16)22/h2-4,12-14,17,21H,5-8H2,1H3,(H,26,27)(H,28,29)(H,30,31)/t12-,13+,14+,17-,21+/m0/s1. The number of aliphatic imine (C=N–C) groups is 1. The Morgan fingerprint density at radius 2 is 1.62 bits per heavy atom. The second kappa shape index (κ2) is 12.1. The van der Waals surface area contributed by atoms with Gasteiger partial charge in [-0.2, -0.15) is 4.99 Å². The molecule has 1 aliphatic heterocycles. The van der Waals surface area contributed by atoms with Gasteiger partial charge in [-0.1, -0.05) is 11.6 Å². The van der Waals surface area contributed by atoms with Gasteiger partial charge in [0.05, 0.1) is 29.7 Å². The van der Waals surface area contributed by atoms with E-state index in [1.807, 2.05) is 0 Å². The molecule has 1 aromatic carbocycles. The van der Waals surface area contributed by atoms with Crippen LogP contribution in [0, 0.1) is 17.8 Å². The van der Waals surface area contributed by atoms with Gasteiger partial charge in [0.1, 0.15) is 12.4 Å². The lowest BCUT2D eigenvalue weighted by Gasteiger charge is -2.45. The molecule has 0 radical (unpaired) electrons. The third kappa shape index (κ3) is 7.55. The van der Waals surface area contributed by atoms with Crippen LogP contribution in [0.1, 0.15) is 26.2 Å². The number of isocyanates is 1. The van der Waals surface area contributed by atoms with Gasteiger partial charge >= 0.3 is 23.9 Å². The van der Waals surface area contributed by atoms with Crippen LogP contribution in [0.5, 0.6) is 5.75 Å². The van der Waals surface area contributed by atoms with E-state index in [0.717, 1.165) is 6.92 Å². The Bertz CT molecular complexity index is 991. The van der Waals surface area contributed by atoms with Crippen LogP contribution in [0.2, 0.25) is 5.02 Å². The van der Waals surface area contributed by atoms with Crippen LogP contribution in [0.25, 0.3) is 0 Å². The highest BCUT2D eigenvalue weighted by atomic mass is 35.5. The second-order valence-electron chi connectivity index (χ2n) is 7.57. The molecule has 13 heteroatoms. The van der Waals surface area contributed by atoms with Gasteiger partial charge < -0.3 is 29.5 Å². The highest BCUT2D eigenvalue weighted by Crippen LogP contribution is 2.43. The number of carbonyl (C=O) groups excluding carboxylic acids is 2. The molecule has 0 aliphatic carbocycles. The number of rotatable bonds is 11. The number of esters is 1. The van der Waals surface area contributed by atoms with Gasteiger partial charge in [0.15, 0.2) is 0 Å². The minimum atomic E-state index is -1.40. The summed E-state index contributed by atoms with van der Waals surface area (Å²) in [7, 11) is 0. The number of benzene rings is 1. The van der Waals surface area contributed by atoms with Crippen molar-refractivity contribution in [2.24, 2.45) is 22.7 Å². The van der Waals surface area contributed by atoms with Crippen molar-refractivity contribution in [2.75, 3.05) is 6.61 Å². The van der Waals surface area contributed by atoms with Crippen molar-refractivity contribution in [2.45, 2.75) is 38.6 Å². The first kappa shape index (κ1) is 26.8. The lowest BCUT2D eigenvalue weighted by molar-refractivity contribution is -0.237. The van der Waals surface area contributed by atoms with E-state index in [1.54, 1.807) is 0 Å². The monoisotopic (exact) mass is 499 g/mol. The van der Waals surface area contributed by atoms with Crippen molar-refractivity contribution < 1.29 is 53.5 Å². The molecule has 0 unspecified atom stereocenters. The normalized spacial score (nSPS) is 23.9. The zero-order chi connectivity index (χ0) is 25.4. The van der Waals surface area contributed by atoms with Crippen molar-refractivity contribution in [3.63, 3.8) is 0 Å². The SMILES string of the molecule is CC(=O)OC[C@@H]1O[C@@H](Oc2cc(N=C=O)ccc2Cl)[C@H](CC(=O)O)[C@@H](CC(=O)O)[C@H]1CC(=O)O. The van der Waals surface area contributed by atoms with Crippen molar-refractivity contribution in [3.05, 3.63) is 23.2 Å². The first-order chi connectivity index (χ1) is 16.0. The van der Waals surface area contributed by atoms with Crippen LogP contribution < -0.4 is 4.74 Å². The summed E-state index contributed by atoms with van der Waals surface area (Å²) in [5.74, 6) is -7.72. The molecule has 1 fully saturated rings. The van der Waals surface area contributed by atoms with Crippen LogP contribution in [0.15, 0.2) is 23.2 Å². The number of hydrogen-bond donors (Lipinski definition) is 3. The molecule has 0 aromatic heterocycles. The fraction of sp³-hybridized carbons (Fsp3) is 0.476. The third-order valence-electron chi connectivity index (χ3n) is 5.25. The molecule has 0 bridgehead atoms. The summed E-state index contributed by atoms with van der Waals surface area (Å²) in [4.78, 5) is 60.1. The van der Waals surface area contributed by atoms with Crippen molar-refractivity contribution >= 4 is 47.2 Å². The molecule has 1 saturated heterocycles. The second-order valence-corrected chi connectivity index (χ2v) is 7.97. The molecule has 1 aromatic rings. The summed E-state index contributed by atoms with van der Waals surface area (Å²) in [6, 6.07) is 4.03. The summed E-state index contributed by atoms with van der Waals surface area (Å²) < 4.78 is 16.6. The minimum absolute atomic E-state index is 0.0458. The van der Waals surface area contributed by atoms with Crippen LogP contribution in [-0.4, -0.2) is 64.3 Å². The van der Waals surface area contributed by atoms with Crippen LogP contribution in [0.3, 0.4) is 0 Å². The summed E-state index contributed by atoms with van der Waals surface area (Å²) >= 11 is 6.15. The van der Waals surface area contributed by atoms with E-state index in [0.29, 0.717) is 0 Å². The number of hydrogen-bond acceptors (Lipinski definition) is 9. The Kier molecular flexibility index (Phi) is 9.55. The first-order valence-corrected chi connectivity index (χ1v) is 10.4. The van der Waals surface area contributed by atoms with Gasteiger partial charge in [0, 0.05) is 31.2 Å². The predicted molar refractivity (Wildman–Crippen MR) is 112 cm³/mol. The molecular weight excluding hydrogens is 478 g/mol. The largest absolute Gasteiger partial charge is 0.481 e. The van der Waals surface area contributed by atoms with Gasteiger partial charge in [-0.15, -0.1) is 0 Å². The number of carbonyl (C=O) groups is 4. The van der Waals surface area contributed by atoms with Crippen LogP contribution >= 0.6 is 11.6 Å². The van der Waals surface area contributed by atoms with Gasteiger partial charge in [-0.25, -0.2) is 4.79 Å². The molecule has 1 heterocycles. The molecule has 1 aliphatic rings. The quantitative estimate of drug-likeness (QED) is 0.230. The molecule has 0 saturated carbocycles. The molecular formula is C21H22ClNO11. The van der Waals surface area contributed by atoms with Crippen molar-refractivity contribution in [1.82, 2.24) is 0 Å². The van der Waals surface area contributed by atoms with E-state index in [4.69, 9.17) is 25.8 Å². The maximum Gasteiger partial charge on any atom is 0.303 e. The van der Waals surface area contributed by atoms with Crippen LogP contribution in [0.4, 0.5) is 5.69 Å². The summed E-state index contributed by atoms with van der Waals surface area (Å²) in [5.41, 5.74) is 0.127. The molecule has 5 atom stereocenters. The third-order valence-corrected chi connectivity index (χ3v) is 5.56.